The van der Waals surface area contributed by atoms with Gasteiger partial charge in [0.2, 0.25) is 0 Å². The third kappa shape index (κ3) is 5.18. The zero-order valence-corrected chi connectivity index (χ0v) is 7.51. The second-order valence-electron chi connectivity index (χ2n) is 3.12. The van der Waals surface area contributed by atoms with Crippen LogP contribution in [0.5, 0.6) is 0 Å². The molecule has 0 aromatic rings. The van der Waals surface area contributed by atoms with E-state index >= 15 is 0 Å². The number of hydrogen-bond donors (Lipinski definition) is 3. The molecule has 1 atom stereocenters. The van der Waals surface area contributed by atoms with Gasteiger partial charge in [0.25, 0.3) is 0 Å². The van der Waals surface area contributed by atoms with E-state index < -0.39 is 0 Å². The van der Waals surface area contributed by atoms with Gasteiger partial charge >= 0.3 is 0 Å². The van der Waals surface area contributed by atoms with E-state index in [1.54, 1.807) is 0 Å². The Labute approximate surface area is 69.0 Å². The first-order valence-electron chi connectivity index (χ1n) is 4.26. The molecule has 0 spiro atoms. The summed E-state index contributed by atoms with van der Waals surface area (Å²) in [6, 6.07) is 0.390. The summed E-state index contributed by atoms with van der Waals surface area (Å²) >= 11 is 0. The van der Waals surface area contributed by atoms with Crippen molar-refractivity contribution in [3.8, 4) is 0 Å². The maximum atomic E-state index is 8.52. The molecule has 0 aliphatic carbocycles. The van der Waals surface area contributed by atoms with Crippen LogP contribution in [0.1, 0.15) is 20.3 Å². The smallest absolute Gasteiger partial charge is 0.0443 e. The highest BCUT2D eigenvalue weighted by Crippen LogP contribution is 1.98. The van der Waals surface area contributed by atoms with Crippen LogP contribution in [-0.4, -0.2) is 30.8 Å². The van der Waals surface area contributed by atoms with Gasteiger partial charge in [0.1, 0.15) is 0 Å². The molecule has 0 fully saturated rings. The average molecular weight is 160 g/mol. The van der Waals surface area contributed by atoms with Crippen LogP contribution in [0, 0.1) is 5.92 Å². The summed E-state index contributed by atoms with van der Waals surface area (Å²) in [5.74, 6) is 0.568. The van der Waals surface area contributed by atoms with E-state index in [1.807, 2.05) is 0 Å². The topological polar surface area (TPSA) is 58.3 Å². The largest absolute Gasteiger partial charge is 0.396 e. The van der Waals surface area contributed by atoms with Gasteiger partial charge < -0.3 is 16.2 Å². The predicted octanol–water partition coefficient (Wildman–Crippen LogP) is -0.0583. The van der Waals surface area contributed by atoms with Gasteiger partial charge in [0.05, 0.1) is 0 Å². The standard InChI is InChI=1S/C8H20N2O/c1-7(2)8(6-9)10-4-3-5-11/h7-8,10-11H,3-6,9H2,1-2H3. The molecular weight excluding hydrogens is 140 g/mol. The number of aliphatic hydroxyl groups is 1. The second kappa shape index (κ2) is 6.58. The van der Waals surface area contributed by atoms with E-state index in [4.69, 9.17) is 10.8 Å². The zero-order chi connectivity index (χ0) is 8.69. The normalized spacial score (nSPS) is 13.9. The van der Waals surface area contributed by atoms with Crippen molar-refractivity contribution in [2.45, 2.75) is 26.3 Å². The van der Waals surface area contributed by atoms with Crippen LogP contribution in [0.25, 0.3) is 0 Å². The SMILES string of the molecule is CC(C)C(CN)NCCCO. The fraction of sp³-hybridized carbons (Fsp3) is 1.00. The molecule has 0 aromatic heterocycles. The lowest BCUT2D eigenvalue weighted by Gasteiger charge is -2.19. The van der Waals surface area contributed by atoms with E-state index in [9.17, 15) is 0 Å². The predicted molar refractivity (Wildman–Crippen MR) is 47.4 cm³/mol. The Morgan fingerprint density at radius 2 is 2.09 bits per heavy atom. The van der Waals surface area contributed by atoms with Crippen LogP contribution in [0.4, 0.5) is 0 Å². The molecule has 0 rings (SSSR count). The zero-order valence-electron chi connectivity index (χ0n) is 7.51. The van der Waals surface area contributed by atoms with Crippen LogP contribution in [-0.2, 0) is 0 Å². The Balaban J connectivity index is 3.36. The van der Waals surface area contributed by atoms with E-state index in [1.165, 1.54) is 0 Å². The average Bonchev–Trinajstić information content (AvgIpc) is 1.97. The fourth-order valence-electron chi connectivity index (χ4n) is 0.958. The lowest BCUT2D eigenvalue weighted by atomic mass is 10.0. The van der Waals surface area contributed by atoms with Crippen LogP contribution < -0.4 is 11.1 Å². The highest BCUT2D eigenvalue weighted by atomic mass is 16.3. The van der Waals surface area contributed by atoms with Crippen molar-refractivity contribution in [3.63, 3.8) is 0 Å². The van der Waals surface area contributed by atoms with Crippen LogP contribution in [0.15, 0.2) is 0 Å². The highest BCUT2D eigenvalue weighted by Gasteiger charge is 2.08. The number of nitrogens with one attached hydrogen (secondary N) is 1. The van der Waals surface area contributed by atoms with Crippen molar-refractivity contribution < 1.29 is 5.11 Å². The fourth-order valence-corrected chi connectivity index (χ4v) is 0.958. The van der Waals surface area contributed by atoms with E-state index in [2.05, 4.69) is 19.2 Å². The van der Waals surface area contributed by atoms with Crippen molar-refractivity contribution in [2.24, 2.45) is 11.7 Å². The molecule has 4 N–H and O–H groups in total. The Hall–Kier alpha value is -0.120. The number of rotatable bonds is 6. The maximum absolute atomic E-state index is 8.52. The summed E-state index contributed by atoms with van der Waals surface area (Å²) in [7, 11) is 0. The molecule has 68 valence electrons. The molecule has 0 bridgehead atoms. The van der Waals surface area contributed by atoms with E-state index in [0.29, 0.717) is 18.5 Å². The Kier molecular flexibility index (Phi) is 6.51. The van der Waals surface area contributed by atoms with Crippen molar-refractivity contribution in [2.75, 3.05) is 19.7 Å². The van der Waals surface area contributed by atoms with Crippen molar-refractivity contribution in [1.29, 1.82) is 0 Å². The first kappa shape index (κ1) is 10.9. The summed E-state index contributed by atoms with van der Waals surface area (Å²) in [5.41, 5.74) is 5.53. The molecule has 0 heterocycles. The van der Waals surface area contributed by atoms with Gasteiger partial charge in [-0.1, -0.05) is 13.8 Å². The number of hydrogen-bond acceptors (Lipinski definition) is 3. The molecule has 3 heteroatoms. The molecule has 0 saturated heterocycles. The first-order valence-corrected chi connectivity index (χ1v) is 4.26. The lowest BCUT2D eigenvalue weighted by molar-refractivity contribution is 0.279. The first-order chi connectivity index (χ1) is 5.22. The van der Waals surface area contributed by atoms with Gasteiger partial charge in [-0.2, -0.15) is 0 Å². The molecule has 1 unspecified atom stereocenters. The summed E-state index contributed by atoms with van der Waals surface area (Å²) in [5, 5.41) is 11.8. The lowest BCUT2D eigenvalue weighted by Crippen LogP contribution is -2.40. The van der Waals surface area contributed by atoms with Crippen LogP contribution >= 0.6 is 0 Å². The van der Waals surface area contributed by atoms with E-state index in [0.717, 1.165) is 13.0 Å². The van der Waals surface area contributed by atoms with Gasteiger partial charge in [-0.15, -0.1) is 0 Å². The summed E-state index contributed by atoms with van der Waals surface area (Å²) in [4.78, 5) is 0. The molecule has 0 saturated carbocycles. The minimum atomic E-state index is 0.252. The van der Waals surface area contributed by atoms with Crippen molar-refractivity contribution in [3.05, 3.63) is 0 Å². The third-order valence-electron chi connectivity index (χ3n) is 1.80. The van der Waals surface area contributed by atoms with Crippen LogP contribution in [0.2, 0.25) is 0 Å². The Morgan fingerprint density at radius 3 is 2.45 bits per heavy atom. The second-order valence-corrected chi connectivity index (χ2v) is 3.12. The monoisotopic (exact) mass is 160 g/mol. The minimum Gasteiger partial charge on any atom is -0.396 e. The van der Waals surface area contributed by atoms with E-state index in [-0.39, 0.29) is 6.61 Å². The molecule has 0 radical (unpaired) electrons. The quantitative estimate of drug-likeness (QED) is 0.477. The summed E-state index contributed by atoms with van der Waals surface area (Å²) < 4.78 is 0. The molecule has 0 aliphatic heterocycles. The molecule has 11 heavy (non-hydrogen) atoms. The molecule has 0 aliphatic rings. The molecule has 3 nitrogen and oxygen atoms in total. The maximum Gasteiger partial charge on any atom is 0.0443 e. The third-order valence-corrected chi connectivity index (χ3v) is 1.80. The minimum absolute atomic E-state index is 0.252. The van der Waals surface area contributed by atoms with Gasteiger partial charge in [-0.3, -0.25) is 0 Å². The van der Waals surface area contributed by atoms with Crippen molar-refractivity contribution >= 4 is 0 Å². The van der Waals surface area contributed by atoms with Crippen LogP contribution in [0.3, 0.4) is 0 Å². The molecule has 0 aromatic carbocycles. The molecular formula is C8H20N2O. The number of nitrogens with two attached hydrogens (primary N) is 1. The Morgan fingerprint density at radius 1 is 1.45 bits per heavy atom. The molecule has 0 amide bonds. The summed E-state index contributed by atoms with van der Waals surface area (Å²) in [6.07, 6.45) is 0.809. The summed E-state index contributed by atoms with van der Waals surface area (Å²) in [6.45, 7) is 6.06. The number of aliphatic hydroxyl groups excluding tert-OH is 1. The Bertz CT molecular complexity index is 86.2. The van der Waals surface area contributed by atoms with Gasteiger partial charge in [0, 0.05) is 19.2 Å². The van der Waals surface area contributed by atoms with Gasteiger partial charge in [-0.05, 0) is 18.9 Å². The van der Waals surface area contributed by atoms with Gasteiger partial charge in [0.15, 0.2) is 0 Å². The highest BCUT2D eigenvalue weighted by molar-refractivity contribution is 4.70. The van der Waals surface area contributed by atoms with Crippen molar-refractivity contribution in [1.82, 2.24) is 5.32 Å². The van der Waals surface area contributed by atoms with Gasteiger partial charge in [-0.25, -0.2) is 0 Å².